The van der Waals surface area contributed by atoms with Gasteiger partial charge in [-0.05, 0) is 99.6 Å². The first-order valence-electron chi connectivity index (χ1n) is 15.4. The number of nitrogens with one attached hydrogen (secondary N) is 1. The van der Waals surface area contributed by atoms with Crippen molar-refractivity contribution in [2.24, 2.45) is 0 Å². The Morgan fingerprint density at radius 1 is 0.535 bits per heavy atom. The van der Waals surface area contributed by atoms with E-state index in [0.717, 1.165) is 18.6 Å². The van der Waals surface area contributed by atoms with Crippen molar-refractivity contribution in [2.75, 3.05) is 0 Å². The largest absolute Gasteiger partial charge is 0.487 e. The minimum atomic E-state index is -0.314. The van der Waals surface area contributed by atoms with E-state index < -0.39 is 0 Å². The molecular weight excluding hydrogens is 522 g/mol. The van der Waals surface area contributed by atoms with E-state index in [1.54, 1.807) is 0 Å². The third-order valence-corrected chi connectivity index (χ3v) is 9.36. The topological polar surface area (TPSA) is 25.0 Å². The van der Waals surface area contributed by atoms with Crippen molar-refractivity contribution in [3.63, 3.8) is 0 Å². The molecule has 0 radical (unpaired) electrons. The molecule has 0 bridgehead atoms. The van der Waals surface area contributed by atoms with E-state index in [4.69, 9.17) is 4.74 Å². The van der Waals surface area contributed by atoms with Crippen LogP contribution in [0.2, 0.25) is 0 Å². The zero-order chi connectivity index (χ0) is 29.0. The Balaban J connectivity index is 1.51. The van der Waals surface area contributed by atoms with Gasteiger partial charge in [-0.1, -0.05) is 84.9 Å². The lowest BCUT2D eigenvalue weighted by Gasteiger charge is -2.23. The molecule has 0 aliphatic heterocycles. The molecular formula is C41H33NO. The van der Waals surface area contributed by atoms with Gasteiger partial charge in [-0.2, -0.15) is 0 Å². The molecule has 43 heavy (non-hydrogen) atoms. The Bertz CT molecular complexity index is 2440. The van der Waals surface area contributed by atoms with Gasteiger partial charge >= 0.3 is 0 Å². The average Bonchev–Trinajstić information content (AvgIpc) is 3.53. The van der Waals surface area contributed by atoms with Crippen molar-refractivity contribution >= 4 is 64.6 Å². The van der Waals surface area contributed by atoms with Crippen LogP contribution in [0.1, 0.15) is 48.8 Å². The molecule has 0 amide bonds. The predicted molar refractivity (Wildman–Crippen MR) is 183 cm³/mol. The maximum absolute atomic E-state index is 6.77. The molecule has 0 unspecified atom stereocenters. The molecule has 0 saturated heterocycles. The molecule has 0 fully saturated rings. The molecule has 1 aromatic heterocycles. The first-order chi connectivity index (χ1) is 20.9. The smallest absolute Gasteiger partial charge is 0.128 e. The second kappa shape index (κ2) is 8.61. The lowest BCUT2D eigenvalue weighted by molar-refractivity contribution is 0.133. The molecule has 0 spiro atoms. The summed E-state index contributed by atoms with van der Waals surface area (Å²) in [7, 11) is 0. The molecule has 9 aromatic rings. The Kier molecular flexibility index (Phi) is 4.96. The molecule has 1 N–H and O–H groups in total. The highest BCUT2D eigenvalue weighted by atomic mass is 16.5. The Morgan fingerprint density at radius 2 is 1.05 bits per heavy atom. The zero-order valence-electron chi connectivity index (χ0n) is 25.1. The van der Waals surface area contributed by atoms with Crippen LogP contribution >= 0.6 is 0 Å². The van der Waals surface area contributed by atoms with Crippen LogP contribution in [-0.4, -0.2) is 10.6 Å². The first kappa shape index (κ1) is 24.7. The summed E-state index contributed by atoms with van der Waals surface area (Å²) in [5.41, 5.74) is 6.20. The number of hydrogen-bond donors (Lipinski definition) is 1. The van der Waals surface area contributed by atoms with Crippen molar-refractivity contribution in [2.45, 2.75) is 46.1 Å². The van der Waals surface area contributed by atoms with Crippen LogP contribution in [0.5, 0.6) is 5.75 Å². The molecule has 0 saturated carbocycles. The van der Waals surface area contributed by atoms with Crippen molar-refractivity contribution in [3.05, 3.63) is 125 Å². The number of hydrogen-bond acceptors (Lipinski definition) is 1. The number of aromatic amines is 1. The van der Waals surface area contributed by atoms with Crippen LogP contribution in [0.3, 0.4) is 0 Å². The normalized spacial score (nSPS) is 12.8. The number of H-pyrrole nitrogens is 1. The summed E-state index contributed by atoms with van der Waals surface area (Å²) < 4.78 is 6.77. The highest BCUT2D eigenvalue weighted by molar-refractivity contribution is 6.49. The van der Waals surface area contributed by atoms with Crippen LogP contribution < -0.4 is 4.74 Å². The highest BCUT2D eigenvalue weighted by Gasteiger charge is 2.28. The van der Waals surface area contributed by atoms with Gasteiger partial charge in [-0.25, -0.2) is 0 Å². The summed E-state index contributed by atoms with van der Waals surface area (Å²) in [5.74, 6) is 0.968. The number of rotatable bonds is 5. The zero-order valence-corrected chi connectivity index (χ0v) is 25.1. The second-order valence-corrected chi connectivity index (χ2v) is 13.4. The van der Waals surface area contributed by atoms with Gasteiger partial charge in [0.25, 0.3) is 0 Å². The Morgan fingerprint density at radius 3 is 1.63 bits per heavy atom. The number of fused-ring (bicyclic) bond motifs is 3. The van der Waals surface area contributed by atoms with Crippen LogP contribution in [0.25, 0.3) is 64.6 Å². The van der Waals surface area contributed by atoms with Gasteiger partial charge in [0.2, 0.25) is 0 Å². The summed E-state index contributed by atoms with van der Waals surface area (Å²) >= 11 is 0. The van der Waals surface area contributed by atoms with Crippen LogP contribution in [0, 0.1) is 6.92 Å². The lowest BCUT2D eigenvalue weighted by atomic mass is 9.90. The maximum atomic E-state index is 6.77. The fourth-order valence-corrected chi connectivity index (χ4v) is 7.78. The Labute approximate surface area is 250 Å². The van der Waals surface area contributed by atoms with Crippen molar-refractivity contribution in [1.82, 2.24) is 4.98 Å². The van der Waals surface area contributed by atoms with E-state index in [-0.39, 0.29) is 5.60 Å². The van der Waals surface area contributed by atoms with Gasteiger partial charge < -0.3 is 9.72 Å². The number of aromatic nitrogens is 1. The van der Waals surface area contributed by atoms with Crippen LogP contribution in [0.4, 0.5) is 0 Å². The van der Waals surface area contributed by atoms with E-state index >= 15 is 0 Å². The van der Waals surface area contributed by atoms with E-state index in [0.29, 0.717) is 0 Å². The van der Waals surface area contributed by atoms with Gasteiger partial charge in [-0.3, -0.25) is 0 Å². The van der Waals surface area contributed by atoms with Gasteiger partial charge in [0.15, 0.2) is 0 Å². The summed E-state index contributed by atoms with van der Waals surface area (Å²) in [5, 5.41) is 16.1. The van der Waals surface area contributed by atoms with E-state index in [9.17, 15) is 0 Å². The minimum absolute atomic E-state index is 0.314. The highest BCUT2D eigenvalue weighted by Crippen LogP contribution is 2.54. The standard InChI is InChI=1S/C41H33NO/c1-23-19-29-35-31(20-24-11-7-5-8-12-24)42-32(21-25-13-9-6-10-14-25)36(35)30-22-33(43-41(2,3)4)28-18-16-26-15-17-27(23)37-34(26)38(28)40(30)39(29)37/h5-19,22,42H,20-21H2,1-4H3. The summed E-state index contributed by atoms with van der Waals surface area (Å²) in [4.78, 5) is 4.01. The van der Waals surface area contributed by atoms with Gasteiger partial charge in [0.05, 0.1) is 0 Å². The Hall–Kier alpha value is -4.82. The molecule has 2 heteroatoms. The molecule has 0 aliphatic rings. The van der Waals surface area contributed by atoms with Gasteiger partial charge in [-0.15, -0.1) is 0 Å². The quantitative estimate of drug-likeness (QED) is 0.210. The number of ether oxygens (including phenoxy) is 1. The predicted octanol–water partition coefficient (Wildman–Crippen LogP) is 10.9. The summed E-state index contributed by atoms with van der Waals surface area (Å²) in [6.45, 7) is 8.72. The first-order valence-corrected chi connectivity index (χ1v) is 15.4. The van der Waals surface area contributed by atoms with Gasteiger partial charge in [0, 0.05) is 45.8 Å². The van der Waals surface area contributed by atoms with Crippen molar-refractivity contribution in [3.8, 4) is 5.75 Å². The molecule has 9 rings (SSSR count). The van der Waals surface area contributed by atoms with Crippen LogP contribution in [-0.2, 0) is 12.8 Å². The molecule has 8 aromatic carbocycles. The molecule has 0 atom stereocenters. The lowest BCUT2D eigenvalue weighted by Crippen LogP contribution is -2.23. The molecule has 1 heterocycles. The third kappa shape index (κ3) is 3.53. The fraction of sp³-hybridized carbons (Fsp3) is 0.171. The van der Waals surface area contributed by atoms with Crippen molar-refractivity contribution < 1.29 is 4.74 Å². The maximum Gasteiger partial charge on any atom is 0.128 e. The number of aryl methyl sites for hydroxylation is 1. The van der Waals surface area contributed by atoms with E-state index in [2.05, 4.69) is 130 Å². The molecule has 2 nitrogen and oxygen atoms in total. The summed E-state index contributed by atoms with van der Waals surface area (Å²) in [6.07, 6.45) is 1.70. The number of benzene rings is 7. The average molecular weight is 556 g/mol. The second-order valence-electron chi connectivity index (χ2n) is 13.4. The van der Waals surface area contributed by atoms with Crippen LogP contribution in [0.15, 0.2) is 97.1 Å². The minimum Gasteiger partial charge on any atom is -0.487 e. The monoisotopic (exact) mass is 555 g/mol. The van der Waals surface area contributed by atoms with Gasteiger partial charge in [0.1, 0.15) is 11.4 Å². The molecule has 0 aliphatic carbocycles. The molecule has 208 valence electrons. The third-order valence-electron chi connectivity index (χ3n) is 9.36. The summed E-state index contributed by atoms with van der Waals surface area (Å²) in [6, 6.07) is 35.7. The fourth-order valence-electron chi connectivity index (χ4n) is 7.78. The van der Waals surface area contributed by atoms with E-state index in [1.807, 2.05) is 0 Å². The van der Waals surface area contributed by atoms with E-state index in [1.165, 1.54) is 92.7 Å². The SMILES string of the molecule is Cc1cc2c3c(Cc4ccccc4)[nH]c(Cc4ccccc4)c3c3cc(OC(C)(C)C)c4ccc5ccc1c1c5c4c3c21. The van der Waals surface area contributed by atoms with Crippen molar-refractivity contribution in [1.29, 1.82) is 0 Å².